The van der Waals surface area contributed by atoms with Gasteiger partial charge >= 0.3 is 0 Å². The highest BCUT2D eigenvalue weighted by atomic mass is 32.1. The Bertz CT molecular complexity index is 1090. The largest absolute Gasteiger partial charge is 0.366 e. The number of nitro groups is 1. The van der Waals surface area contributed by atoms with Crippen molar-refractivity contribution >= 4 is 44.0 Å². The van der Waals surface area contributed by atoms with Gasteiger partial charge in [0.15, 0.2) is 5.13 Å². The van der Waals surface area contributed by atoms with Gasteiger partial charge in [-0.3, -0.25) is 20.2 Å². The number of benzene rings is 2. The predicted molar refractivity (Wildman–Crippen MR) is 116 cm³/mol. The Kier molecular flexibility index (Phi) is 5.19. The zero-order chi connectivity index (χ0) is 20.5. The van der Waals surface area contributed by atoms with E-state index in [1.807, 2.05) is 30.0 Å². The van der Waals surface area contributed by atoms with Gasteiger partial charge in [0.25, 0.3) is 11.6 Å². The van der Waals surface area contributed by atoms with Crippen molar-refractivity contribution in [3.8, 4) is 0 Å². The summed E-state index contributed by atoms with van der Waals surface area (Å²) in [6, 6.07) is 10.6. The quantitative estimate of drug-likeness (QED) is 0.483. The topological polar surface area (TPSA) is 88.4 Å². The minimum atomic E-state index is -0.410. The van der Waals surface area contributed by atoms with Crippen LogP contribution >= 0.6 is 11.3 Å². The van der Waals surface area contributed by atoms with Crippen molar-refractivity contribution in [2.45, 2.75) is 26.7 Å². The van der Waals surface area contributed by atoms with Gasteiger partial charge in [-0.15, -0.1) is 0 Å². The number of hydrogen-bond acceptors (Lipinski definition) is 6. The van der Waals surface area contributed by atoms with Crippen LogP contribution in [-0.4, -0.2) is 28.9 Å². The van der Waals surface area contributed by atoms with Crippen molar-refractivity contribution in [3.63, 3.8) is 0 Å². The summed E-state index contributed by atoms with van der Waals surface area (Å²) in [4.78, 5) is 30.5. The number of carbonyl (C=O) groups excluding carboxylic acids is 1. The molecule has 4 rings (SSSR count). The molecule has 1 aliphatic rings. The molecule has 2 aromatic carbocycles. The second kappa shape index (κ2) is 7.79. The standard InChI is InChI=1S/C21H22N4O3S/c1-13-5-4-10-24(12-13)16-9-8-15(11-17(16)25(27)28)20(26)23-21-22-19-14(2)6-3-7-18(19)29-21/h3,6-9,11,13H,4-5,10,12H2,1-2H3,(H,22,23,26)/t13-/m1/s1. The highest BCUT2D eigenvalue weighted by Gasteiger charge is 2.25. The van der Waals surface area contributed by atoms with Crippen LogP contribution in [0.2, 0.25) is 0 Å². The van der Waals surface area contributed by atoms with Gasteiger partial charge in [0.05, 0.1) is 15.1 Å². The second-order valence-corrected chi connectivity index (χ2v) is 8.58. The first-order valence-electron chi connectivity index (χ1n) is 9.63. The molecule has 0 unspecified atom stereocenters. The number of anilines is 2. The molecule has 0 saturated carbocycles. The minimum Gasteiger partial charge on any atom is -0.366 e. The summed E-state index contributed by atoms with van der Waals surface area (Å²) in [6.45, 7) is 5.70. The third kappa shape index (κ3) is 3.93. The second-order valence-electron chi connectivity index (χ2n) is 7.55. The van der Waals surface area contributed by atoms with Gasteiger partial charge in [-0.05, 0) is 49.4 Å². The fourth-order valence-electron chi connectivity index (χ4n) is 3.80. The maximum atomic E-state index is 12.7. The smallest absolute Gasteiger partial charge is 0.293 e. The van der Waals surface area contributed by atoms with Gasteiger partial charge in [-0.2, -0.15) is 0 Å². The Hall–Kier alpha value is -3.00. The first-order chi connectivity index (χ1) is 13.9. The van der Waals surface area contributed by atoms with E-state index < -0.39 is 10.8 Å². The molecule has 8 heteroatoms. The highest BCUT2D eigenvalue weighted by Crippen LogP contribution is 2.33. The number of rotatable bonds is 4. The lowest BCUT2D eigenvalue weighted by molar-refractivity contribution is -0.384. The summed E-state index contributed by atoms with van der Waals surface area (Å²) in [6.07, 6.45) is 2.14. The number of aryl methyl sites for hydroxylation is 1. The van der Waals surface area contributed by atoms with Gasteiger partial charge in [-0.1, -0.05) is 30.4 Å². The number of nitrogens with zero attached hydrogens (tertiary/aromatic N) is 3. The molecule has 29 heavy (non-hydrogen) atoms. The summed E-state index contributed by atoms with van der Waals surface area (Å²) >= 11 is 1.39. The average molecular weight is 410 g/mol. The van der Waals surface area contributed by atoms with Gasteiger partial charge in [0.1, 0.15) is 5.69 Å². The normalized spacial score (nSPS) is 16.8. The number of amides is 1. The Balaban J connectivity index is 1.60. The zero-order valence-electron chi connectivity index (χ0n) is 16.3. The van der Waals surface area contributed by atoms with E-state index in [-0.39, 0.29) is 11.3 Å². The summed E-state index contributed by atoms with van der Waals surface area (Å²) in [5.74, 6) is 0.0946. The Morgan fingerprint density at radius 2 is 2.17 bits per heavy atom. The molecule has 2 heterocycles. The first kappa shape index (κ1) is 19.3. The summed E-state index contributed by atoms with van der Waals surface area (Å²) in [5, 5.41) is 14.9. The third-order valence-electron chi connectivity index (χ3n) is 5.27. The molecule has 0 radical (unpaired) electrons. The number of carbonyl (C=O) groups is 1. The van der Waals surface area contributed by atoms with Crippen LogP contribution in [0.1, 0.15) is 35.7 Å². The van der Waals surface area contributed by atoms with E-state index in [1.54, 1.807) is 12.1 Å². The minimum absolute atomic E-state index is 0.0353. The maximum Gasteiger partial charge on any atom is 0.293 e. The van der Waals surface area contributed by atoms with Crippen molar-refractivity contribution in [2.24, 2.45) is 5.92 Å². The lowest BCUT2D eigenvalue weighted by Crippen LogP contribution is -2.34. The number of thiazole rings is 1. The van der Waals surface area contributed by atoms with Crippen molar-refractivity contribution < 1.29 is 9.72 Å². The number of fused-ring (bicyclic) bond motifs is 1. The predicted octanol–water partition coefficient (Wildman–Crippen LogP) is 5.00. The Labute approximate surface area is 172 Å². The van der Waals surface area contributed by atoms with Gasteiger partial charge < -0.3 is 4.90 Å². The van der Waals surface area contributed by atoms with E-state index in [1.165, 1.54) is 17.4 Å². The summed E-state index contributed by atoms with van der Waals surface area (Å²) in [7, 11) is 0. The maximum absolute atomic E-state index is 12.7. The average Bonchev–Trinajstić information content (AvgIpc) is 3.11. The first-order valence-corrected chi connectivity index (χ1v) is 10.4. The van der Waals surface area contributed by atoms with E-state index in [0.717, 1.165) is 41.7 Å². The number of aromatic nitrogens is 1. The lowest BCUT2D eigenvalue weighted by Gasteiger charge is -2.32. The van der Waals surface area contributed by atoms with E-state index in [0.29, 0.717) is 16.7 Å². The molecule has 1 amide bonds. The molecular formula is C21H22N4O3S. The SMILES string of the molecule is Cc1cccc2sc(NC(=O)c3ccc(N4CCC[C@@H](C)C4)c([N+](=O)[O-])c3)nc12. The van der Waals surface area contributed by atoms with Crippen LogP contribution in [0.5, 0.6) is 0 Å². The number of nitrogens with one attached hydrogen (secondary N) is 1. The fraction of sp³-hybridized carbons (Fsp3) is 0.333. The summed E-state index contributed by atoms with van der Waals surface area (Å²) < 4.78 is 0.987. The Morgan fingerprint density at radius 1 is 1.34 bits per heavy atom. The van der Waals surface area contributed by atoms with Crippen LogP contribution in [0, 0.1) is 23.0 Å². The highest BCUT2D eigenvalue weighted by molar-refractivity contribution is 7.22. The molecule has 0 bridgehead atoms. The molecule has 1 N–H and O–H groups in total. The van der Waals surface area contributed by atoms with Gasteiger partial charge in [0.2, 0.25) is 0 Å². The van der Waals surface area contributed by atoms with Gasteiger partial charge in [0, 0.05) is 24.7 Å². The van der Waals surface area contributed by atoms with Crippen LogP contribution < -0.4 is 10.2 Å². The molecular weight excluding hydrogens is 388 g/mol. The van der Waals surface area contributed by atoms with Gasteiger partial charge in [-0.25, -0.2) is 4.98 Å². The monoisotopic (exact) mass is 410 g/mol. The molecule has 1 saturated heterocycles. The molecule has 1 fully saturated rings. The third-order valence-corrected chi connectivity index (χ3v) is 6.21. The van der Waals surface area contributed by atoms with Crippen LogP contribution in [0.15, 0.2) is 36.4 Å². The molecule has 0 spiro atoms. The van der Waals surface area contributed by atoms with E-state index >= 15 is 0 Å². The molecule has 0 aliphatic carbocycles. The van der Waals surface area contributed by atoms with E-state index in [4.69, 9.17) is 0 Å². The zero-order valence-corrected chi connectivity index (χ0v) is 17.2. The van der Waals surface area contributed by atoms with Crippen molar-refractivity contribution in [1.82, 2.24) is 4.98 Å². The summed E-state index contributed by atoms with van der Waals surface area (Å²) in [5.41, 5.74) is 2.69. The van der Waals surface area contributed by atoms with Crippen molar-refractivity contribution in [3.05, 3.63) is 57.6 Å². The van der Waals surface area contributed by atoms with Crippen LogP contribution in [0.4, 0.5) is 16.5 Å². The van der Waals surface area contributed by atoms with Crippen molar-refractivity contribution in [2.75, 3.05) is 23.3 Å². The van der Waals surface area contributed by atoms with E-state index in [9.17, 15) is 14.9 Å². The molecule has 1 aliphatic heterocycles. The Morgan fingerprint density at radius 3 is 2.90 bits per heavy atom. The van der Waals surface area contributed by atoms with Crippen molar-refractivity contribution in [1.29, 1.82) is 0 Å². The number of hydrogen-bond donors (Lipinski definition) is 1. The fourth-order valence-corrected chi connectivity index (χ4v) is 4.73. The number of para-hydroxylation sites is 1. The van der Waals surface area contributed by atoms with E-state index in [2.05, 4.69) is 17.2 Å². The molecule has 1 aromatic heterocycles. The molecule has 3 aromatic rings. The molecule has 7 nitrogen and oxygen atoms in total. The molecule has 150 valence electrons. The molecule has 1 atom stereocenters. The number of piperidine rings is 1. The number of nitro benzene ring substituents is 1. The lowest BCUT2D eigenvalue weighted by atomic mass is 9.99. The van der Waals surface area contributed by atoms with Crippen LogP contribution in [0.25, 0.3) is 10.2 Å². The van der Waals surface area contributed by atoms with Crippen LogP contribution in [0.3, 0.4) is 0 Å². The van der Waals surface area contributed by atoms with Crippen LogP contribution in [-0.2, 0) is 0 Å².